The number of nitrogens with one attached hydrogen (secondary N) is 1. The molecule has 2 aromatic heterocycles. The number of thioether (sulfide) groups is 1. The van der Waals surface area contributed by atoms with Crippen LogP contribution in [0.1, 0.15) is 5.82 Å². The molecule has 9 heteroatoms. The van der Waals surface area contributed by atoms with Crippen LogP contribution in [0.2, 0.25) is 0 Å². The number of esters is 1. The number of aliphatic hydroxyl groups excluding tert-OH is 1. The molecule has 0 aliphatic heterocycles. The molecule has 0 spiro atoms. The van der Waals surface area contributed by atoms with Crippen molar-refractivity contribution in [2.24, 2.45) is 0 Å². The molecule has 0 aliphatic carbocycles. The van der Waals surface area contributed by atoms with Gasteiger partial charge < -0.3 is 14.8 Å². The summed E-state index contributed by atoms with van der Waals surface area (Å²) in [4.78, 5) is 37.3. The van der Waals surface area contributed by atoms with Crippen LogP contribution in [0.5, 0.6) is 0 Å². The molecule has 0 saturated heterocycles. The summed E-state index contributed by atoms with van der Waals surface area (Å²) in [6.45, 7) is 3.97. The minimum Gasteiger partial charge on any atom is -0.510 e. The number of carbonyl (C=O) groups excluding carboxylic acids is 1. The lowest BCUT2D eigenvalue weighted by atomic mass is 10.2. The van der Waals surface area contributed by atoms with Gasteiger partial charge >= 0.3 is 5.97 Å². The van der Waals surface area contributed by atoms with Crippen LogP contribution in [0.4, 0.5) is 0 Å². The SMILES string of the molecule is C=CCn1c(SCC(O)=C(C(=O)OC)c2nc3ccccc3[nH]2)nc2ccccc2c1=O. The van der Waals surface area contributed by atoms with E-state index in [4.69, 9.17) is 4.74 Å². The highest BCUT2D eigenvalue weighted by Gasteiger charge is 2.23. The maximum Gasteiger partial charge on any atom is 0.345 e. The average Bonchev–Trinajstić information content (AvgIpc) is 3.23. The molecule has 0 saturated carbocycles. The fourth-order valence-corrected chi connectivity index (χ4v) is 4.16. The maximum atomic E-state index is 12.9. The molecule has 32 heavy (non-hydrogen) atoms. The molecule has 0 radical (unpaired) electrons. The minimum absolute atomic E-state index is 0.0244. The van der Waals surface area contributed by atoms with Gasteiger partial charge in [-0.2, -0.15) is 0 Å². The number of imidazole rings is 1. The second-order valence-electron chi connectivity index (χ2n) is 6.82. The third-order valence-corrected chi connectivity index (χ3v) is 5.77. The fourth-order valence-electron chi connectivity index (χ4n) is 3.28. The zero-order valence-corrected chi connectivity index (χ0v) is 18.1. The molecule has 2 N–H and O–H groups in total. The first-order valence-corrected chi connectivity index (χ1v) is 10.7. The molecule has 0 amide bonds. The highest BCUT2D eigenvalue weighted by atomic mass is 32.2. The number of para-hydroxylation sites is 3. The van der Waals surface area contributed by atoms with Crippen LogP contribution in [0.15, 0.2) is 76.9 Å². The van der Waals surface area contributed by atoms with E-state index in [1.165, 1.54) is 11.7 Å². The second-order valence-corrected chi connectivity index (χ2v) is 7.76. The molecular weight excluding hydrogens is 428 g/mol. The zero-order valence-electron chi connectivity index (χ0n) is 17.2. The first kappa shape index (κ1) is 21.4. The minimum atomic E-state index is -0.725. The van der Waals surface area contributed by atoms with E-state index in [1.807, 2.05) is 18.2 Å². The van der Waals surface area contributed by atoms with Gasteiger partial charge in [-0.05, 0) is 24.3 Å². The Labute approximate surface area is 187 Å². The van der Waals surface area contributed by atoms with E-state index in [-0.39, 0.29) is 35.0 Å². The molecule has 162 valence electrons. The molecule has 2 heterocycles. The Balaban J connectivity index is 1.74. The lowest BCUT2D eigenvalue weighted by Crippen LogP contribution is -2.23. The first-order valence-electron chi connectivity index (χ1n) is 9.72. The number of rotatable bonds is 7. The van der Waals surface area contributed by atoms with Crippen molar-refractivity contribution in [1.82, 2.24) is 19.5 Å². The van der Waals surface area contributed by atoms with Crippen LogP contribution in [0.25, 0.3) is 27.5 Å². The van der Waals surface area contributed by atoms with E-state index in [9.17, 15) is 14.7 Å². The van der Waals surface area contributed by atoms with Crippen molar-refractivity contribution >= 4 is 45.2 Å². The van der Waals surface area contributed by atoms with Crippen LogP contribution >= 0.6 is 11.8 Å². The summed E-state index contributed by atoms with van der Waals surface area (Å²) in [6.07, 6.45) is 1.60. The van der Waals surface area contributed by atoms with E-state index in [1.54, 1.807) is 36.4 Å². The lowest BCUT2D eigenvalue weighted by molar-refractivity contribution is -0.133. The van der Waals surface area contributed by atoms with Crippen molar-refractivity contribution in [1.29, 1.82) is 0 Å². The van der Waals surface area contributed by atoms with Crippen molar-refractivity contribution in [3.63, 3.8) is 0 Å². The largest absolute Gasteiger partial charge is 0.510 e. The molecule has 4 rings (SSSR count). The number of aliphatic hydroxyl groups is 1. The zero-order chi connectivity index (χ0) is 22.7. The molecule has 0 aliphatic rings. The number of fused-ring (bicyclic) bond motifs is 2. The summed E-state index contributed by atoms with van der Waals surface area (Å²) < 4.78 is 6.34. The van der Waals surface area contributed by atoms with Gasteiger partial charge in [-0.3, -0.25) is 9.36 Å². The Morgan fingerprint density at radius 2 is 1.91 bits per heavy atom. The smallest absolute Gasteiger partial charge is 0.345 e. The van der Waals surface area contributed by atoms with Crippen molar-refractivity contribution < 1.29 is 14.6 Å². The maximum absolute atomic E-state index is 12.9. The predicted octanol–water partition coefficient (Wildman–Crippen LogP) is 3.69. The number of aromatic nitrogens is 4. The number of nitrogens with zero attached hydrogens (tertiary/aromatic N) is 3. The van der Waals surface area contributed by atoms with Gasteiger partial charge in [0.15, 0.2) is 5.16 Å². The van der Waals surface area contributed by atoms with Crippen molar-refractivity contribution in [3.05, 3.63) is 83.1 Å². The molecular formula is C23H20N4O4S. The van der Waals surface area contributed by atoms with Gasteiger partial charge in [0.25, 0.3) is 5.56 Å². The third-order valence-electron chi connectivity index (χ3n) is 4.78. The summed E-state index contributed by atoms with van der Waals surface area (Å²) in [6, 6.07) is 14.3. The van der Waals surface area contributed by atoms with Crippen molar-refractivity contribution in [3.8, 4) is 0 Å². The quantitative estimate of drug-likeness (QED) is 0.111. The van der Waals surface area contributed by atoms with Crippen LogP contribution in [-0.2, 0) is 16.1 Å². The highest BCUT2D eigenvalue weighted by molar-refractivity contribution is 7.99. The number of benzene rings is 2. The highest BCUT2D eigenvalue weighted by Crippen LogP contribution is 2.25. The molecule has 0 bridgehead atoms. The Morgan fingerprint density at radius 3 is 2.62 bits per heavy atom. The number of allylic oxidation sites excluding steroid dienone is 1. The summed E-state index contributed by atoms with van der Waals surface area (Å²) in [5, 5.41) is 11.7. The van der Waals surface area contributed by atoms with Crippen LogP contribution in [-0.4, -0.2) is 43.5 Å². The molecule has 2 aromatic carbocycles. The van der Waals surface area contributed by atoms with Crippen molar-refractivity contribution in [2.45, 2.75) is 11.7 Å². The summed E-state index contributed by atoms with van der Waals surface area (Å²) in [5.74, 6) is -0.791. The Bertz CT molecular complexity index is 1390. The van der Waals surface area contributed by atoms with E-state index in [0.717, 1.165) is 17.3 Å². The normalized spacial score (nSPS) is 12.0. The number of ether oxygens (including phenoxy) is 1. The lowest BCUT2D eigenvalue weighted by Gasteiger charge is -2.12. The number of carbonyl (C=O) groups is 1. The second kappa shape index (κ2) is 9.11. The number of hydrogen-bond donors (Lipinski definition) is 2. The fraction of sp³-hybridized carbons (Fsp3) is 0.130. The summed E-state index contributed by atoms with van der Waals surface area (Å²) >= 11 is 1.13. The number of hydrogen-bond acceptors (Lipinski definition) is 7. The first-order chi connectivity index (χ1) is 15.5. The third kappa shape index (κ3) is 4.02. The van der Waals surface area contributed by atoms with Crippen molar-refractivity contribution in [2.75, 3.05) is 12.9 Å². The number of methoxy groups -OCH3 is 1. The van der Waals surface area contributed by atoms with Crippen LogP contribution < -0.4 is 5.56 Å². The van der Waals surface area contributed by atoms with Crippen LogP contribution in [0, 0.1) is 0 Å². The van der Waals surface area contributed by atoms with Gasteiger partial charge in [-0.1, -0.05) is 42.1 Å². The summed E-state index contributed by atoms with van der Waals surface area (Å²) in [5.41, 5.74) is 1.65. The van der Waals surface area contributed by atoms with E-state index < -0.39 is 5.97 Å². The molecule has 0 unspecified atom stereocenters. The monoisotopic (exact) mass is 448 g/mol. The van der Waals surface area contributed by atoms with Gasteiger partial charge in [0.05, 0.1) is 34.8 Å². The van der Waals surface area contributed by atoms with E-state index in [0.29, 0.717) is 21.6 Å². The van der Waals surface area contributed by atoms with Crippen LogP contribution in [0.3, 0.4) is 0 Å². The average molecular weight is 449 g/mol. The topological polar surface area (TPSA) is 110 Å². The Hall–Kier alpha value is -3.85. The number of H-pyrrole nitrogens is 1. The van der Waals surface area contributed by atoms with E-state index >= 15 is 0 Å². The van der Waals surface area contributed by atoms with Gasteiger partial charge in [0.1, 0.15) is 17.2 Å². The predicted molar refractivity (Wildman–Crippen MR) is 125 cm³/mol. The van der Waals surface area contributed by atoms with Gasteiger partial charge in [-0.25, -0.2) is 14.8 Å². The summed E-state index contributed by atoms with van der Waals surface area (Å²) in [7, 11) is 1.23. The van der Waals surface area contributed by atoms with Gasteiger partial charge in [-0.15, -0.1) is 6.58 Å². The van der Waals surface area contributed by atoms with Gasteiger partial charge in [0.2, 0.25) is 0 Å². The molecule has 0 fully saturated rings. The molecule has 0 atom stereocenters. The Morgan fingerprint density at radius 1 is 1.19 bits per heavy atom. The Kier molecular flexibility index (Phi) is 6.09. The van der Waals surface area contributed by atoms with E-state index in [2.05, 4.69) is 21.5 Å². The molecule has 4 aromatic rings. The number of aromatic amines is 1. The van der Waals surface area contributed by atoms with Gasteiger partial charge in [0, 0.05) is 6.54 Å². The standard InChI is InChI=1S/C23H20N4O4S/c1-3-12-27-21(29)14-8-4-5-9-15(14)26-23(27)32-13-18(28)19(22(30)31-2)20-24-16-10-6-7-11-17(16)25-20/h3-11,28H,1,12-13H2,2H3,(H,24,25). The molecule has 8 nitrogen and oxygen atoms in total.